The summed E-state index contributed by atoms with van der Waals surface area (Å²) in [6.45, 7) is 5.79. The van der Waals surface area contributed by atoms with Crippen LogP contribution in [0.5, 0.6) is 0 Å². The molecular formula is C16H26N4O. The number of carbonyl (C=O) groups is 1. The lowest BCUT2D eigenvalue weighted by atomic mass is 10.0. The number of hydrogen-bond acceptors (Lipinski definition) is 3. The number of likely N-dealkylation sites (tertiary alicyclic amines) is 1. The van der Waals surface area contributed by atoms with Crippen molar-refractivity contribution in [3.8, 4) is 0 Å². The van der Waals surface area contributed by atoms with Gasteiger partial charge in [-0.25, -0.2) is 4.79 Å². The lowest BCUT2D eigenvalue weighted by Crippen LogP contribution is -2.48. The minimum absolute atomic E-state index is 0.0690. The fourth-order valence-electron chi connectivity index (χ4n) is 2.85. The Morgan fingerprint density at radius 2 is 2.33 bits per heavy atom. The zero-order valence-electron chi connectivity index (χ0n) is 12.8. The SMILES string of the molecule is CCN1CCCC[C@@H]1CNC(=O)NCCc1cccnc1. The second-order valence-electron chi connectivity index (χ2n) is 5.53. The van der Waals surface area contributed by atoms with Crippen molar-refractivity contribution >= 4 is 6.03 Å². The van der Waals surface area contributed by atoms with Gasteiger partial charge in [0.15, 0.2) is 0 Å². The van der Waals surface area contributed by atoms with Crippen LogP contribution in [0.25, 0.3) is 0 Å². The van der Waals surface area contributed by atoms with E-state index in [1.807, 2.05) is 18.3 Å². The Kier molecular flexibility index (Phi) is 6.47. The first kappa shape index (κ1) is 15.8. The number of piperidine rings is 1. The average Bonchev–Trinajstić information content (AvgIpc) is 2.54. The molecule has 0 unspecified atom stereocenters. The Morgan fingerprint density at radius 3 is 3.10 bits per heavy atom. The molecule has 2 amide bonds. The summed E-state index contributed by atoms with van der Waals surface area (Å²) in [5, 5.41) is 5.90. The molecule has 5 heteroatoms. The summed E-state index contributed by atoms with van der Waals surface area (Å²) in [7, 11) is 0. The molecule has 0 saturated carbocycles. The molecule has 2 heterocycles. The molecule has 0 bridgehead atoms. The van der Waals surface area contributed by atoms with Gasteiger partial charge in [0.1, 0.15) is 0 Å². The van der Waals surface area contributed by atoms with E-state index in [-0.39, 0.29) is 6.03 Å². The van der Waals surface area contributed by atoms with Gasteiger partial charge in [-0.15, -0.1) is 0 Å². The van der Waals surface area contributed by atoms with Crippen molar-refractivity contribution < 1.29 is 4.79 Å². The Labute approximate surface area is 127 Å². The van der Waals surface area contributed by atoms with E-state index in [4.69, 9.17) is 0 Å². The summed E-state index contributed by atoms with van der Waals surface area (Å²) in [4.78, 5) is 18.3. The van der Waals surface area contributed by atoms with E-state index in [1.54, 1.807) is 6.20 Å². The van der Waals surface area contributed by atoms with Gasteiger partial charge in [-0.1, -0.05) is 19.4 Å². The van der Waals surface area contributed by atoms with E-state index in [0.29, 0.717) is 12.6 Å². The van der Waals surface area contributed by atoms with Crippen LogP contribution >= 0.6 is 0 Å². The Balaban J connectivity index is 1.63. The number of pyridine rings is 1. The number of nitrogens with one attached hydrogen (secondary N) is 2. The minimum atomic E-state index is -0.0690. The molecule has 21 heavy (non-hydrogen) atoms. The molecule has 1 saturated heterocycles. The topological polar surface area (TPSA) is 57.3 Å². The maximum atomic E-state index is 11.8. The van der Waals surface area contributed by atoms with Crippen molar-refractivity contribution in [2.45, 2.75) is 38.6 Å². The summed E-state index contributed by atoms with van der Waals surface area (Å²) in [6.07, 6.45) is 8.14. The molecule has 1 fully saturated rings. The highest BCUT2D eigenvalue weighted by Gasteiger charge is 2.20. The van der Waals surface area contributed by atoms with Gasteiger partial charge in [0.25, 0.3) is 0 Å². The first-order valence-corrected chi connectivity index (χ1v) is 7.94. The molecule has 1 aromatic rings. The normalized spacial score (nSPS) is 19.2. The third-order valence-electron chi connectivity index (χ3n) is 4.08. The number of rotatable bonds is 6. The number of likely N-dealkylation sites (N-methyl/N-ethyl adjacent to an activating group) is 1. The van der Waals surface area contributed by atoms with Gasteiger partial charge in [0, 0.05) is 31.5 Å². The highest BCUT2D eigenvalue weighted by molar-refractivity contribution is 5.73. The van der Waals surface area contributed by atoms with Crippen LogP contribution in [0, 0.1) is 0 Å². The zero-order chi connectivity index (χ0) is 14.9. The van der Waals surface area contributed by atoms with Crippen molar-refractivity contribution in [2.75, 3.05) is 26.2 Å². The predicted molar refractivity (Wildman–Crippen MR) is 84.2 cm³/mol. The fraction of sp³-hybridized carbons (Fsp3) is 0.625. The molecule has 1 atom stereocenters. The van der Waals surface area contributed by atoms with Gasteiger partial charge < -0.3 is 10.6 Å². The van der Waals surface area contributed by atoms with E-state index in [9.17, 15) is 4.79 Å². The summed E-state index contributed by atoms with van der Waals surface area (Å²) < 4.78 is 0. The van der Waals surface area contributed by atoms with Gasteiger partial charge in [-0.2, -0.15) is 0 Å². The molecule has 0 aromatic carbocycles. The number of carbonyl (C=O) groups excluding carboxylic acids is 1. The van der Waals surface area contributed by atoms with Gasteiger partial charge >= 0.3 is 6.03 Å². The maximum Gasteiger partial charge on any atom is 0.314 e. The van der Waals surface area contributed by atoms with Crippen LogP contribution < -0.4 is 10.6 Å². The van der Waals surface area contributed by atoms with Crippen molar-refractivity contribution in [3.05, 3.63) is 30.1 Å². The summed E-state index contributed by atoms with van der Waals surface area (Å²) in [5.41, 5.74) is 1.14. The van der Waals surface area contributed by atoms with E-state index < -0.39 is 0 Å². The second-order valence-corrected chi connectivity index (χ2v) is 5.53. The molecule has 1 aliphatic rings. The van der Waals surface area contributed by atoms with Gasteiger partial charge in [0.2, 0.25) is 0 Å². The summed E-state index contributed by atoms with van der Waals surface area (Å²) >= 11 is 0. The van der Waals surface area contributed by atoms with Crippen LogP contribution in [0.2, 0.25) is 0 Å². The molecule has 2 N–H and O–H groups in total. The molecule has 5 nitrogen and oxygen atoms in total. The molecule has 0 radical (unpaired) electrons. The number of aromatic nitrogens is 1. The number of amides is 2. The molecule has 2 rings (SSSR count). The van der Waals surface area contributed by atoms with E-state index in [1.165, 1.54) is 19.3 Å². The Morgan fingerprint density at radius 1 is 1.43 bits per heavy atom. The van der Waals surface area contributed by atoms with Crippen LogP contribution in [0.4, 0.5) is 4.79 Å². The van der Waals surface area contributed by atoms with Crippen LogP contribution in [0.1, 0.15) is 31.7 Å². The average molecular weight is 290 g/mol. The number of hydrogen-bond donors (Lipinski definition) is 2. The number of nitrogens with zero attached hydrogens (tertiary/aromatic N) is 2. The van der Waals surface area contributed by atoms with E-state index in [0.717, 1.165) is 31.6 Å². The van der Waals surface area contributed by atoms with Crippen LogP contribution in [0.15, 0.2) is 24.5 Å². The largest absolute Gasteiger partial charge is 0.338 e. The molecule has 0 spiro atoms. The first-order valence-electron chi connectivity index (χ1n) is 7.94. The minimum Gasteiger partial charge on any atom is -0.338 e. The molecule has 1 aliphatic heterocycles. The second kappa shape index (κ2) is 8.62. The standard InChI is InChI=1S/C16H26N4O/c1-2-20-11-4-3-7-15(20)13-19-16(21)18-10-8-14-6-5-9-17-12-14/h5-6,9,12,15H,2-4,7-8,10-11,13H2,1H3,(H2,18,19,21)/t15-/m1/s1. The van der Waals surface area contributed by atoms with Crippen molar-refractivity contribution in [1.29, 1.82) is 0 Å². The molecule has 0 aliphatic carbocycles. The lowest BCUT2D eigenvalue weighted by Gasteiger charge is -2.34. The monoisotopic (exact) mass is 290 g/mol. The third kappa shape index (κ3) is 5.34. The van der Waals surface area contributed by atoms with E-state index >= 15 is 0 Å². The summed E-state index contributed by atoms with van der Waals surface area (Å²) in [5.74, 6) is 0. The molecule has 116 valence electrons. The summed E-state index contributed by atoms with van der Waals surface area (Å²) in [6, 6.07) is 4.36. The third-order valence-corrected chi connectivity index (χ3v) is 4.08. The molecule has 1 aromatic heterocycles. The highest BCUT2D eigenvalue weighted by atomic mass is 16.2. The quantitative estimate of drug-likeness (QED) is 0.840. The van der Waals surface area contributed by atoms with E-state index in [2.05, 4.69) is 27.4 Å². The van der Waals surface area contributed by atoms with Gasteiger partial charge in [-0.3, -0.25) is 9.88 Å². The van der Waals surface area contributed by atoms with Crippen LogP contribution in [0.3, 0.4) is 0 Å². The lowest BCUT2D eigenvalue weighted by molar-refractivity contribution is 0.153. The predicted octanol–water partition coefficient (Wildman–Crippen LogP) is 1.80. The fourth-order valence-corrected chi connectivity index (χ4v) is 2.85. The van der Waals surface area contributed by atoms with Gasteiger partial charge in [-0.05, 0) is 44.0 Å². The number of urea groups is 1. The van der Waals surface area contributed by atoms with Gasteiger partial charge in [0.05, 0.1) is 0 Å². The Bertz CT molecular complexity index is 424. The zero-order valence-corrected chi connectivity index (χ0v) is 12.8. The molecular weight excluding hydrogens is 264 g/mol. The first-order chi connectivity index (χ1) is 10.3. The van der Waals surface area contributed by atoms with Crippen LogP contribution in [-0.2, 0) is 6.42 Å². The Hall–Kier alpha value is -1.62. The smallest absolute Gasteiger partial charge is 0.314 e. The van der Waals surface area contributed by atoms with Crippen molar-refractivity contribution in [1.82, 2.24) is 20.5 Å². The maximum absolute atomic E-state index is 11.8. The highest BCUT2D eigenvalue weighted by Crippen LogP contribution is 2.15. The van der Waals surface area contributed by atoms with Crippen molar-refractivity contribution in [3.63, 3.8) is 0 Å². The van der Waals surface area contributed by atoms with Crippen molar-refractivity contribution in [2.24, 2.45) is 0 Å². The van der Waals surface area contributed by atoms with Crippen LogP contribution in [-0.4, -0.2) is 48.1 Å².